The van der Waals surface area contributed by atoms with Crippen LogP contribution in [0.3, 0.4) is 0 Å². The Morgan fingerprint density at radius 1 is 1.23 bits per heavy atom. The fourth-order valence-corrected chi connectivity index (χ4v) is 3.95. The molecule has 0 aromatic heterocycles. The lowest BCUT2D eigenvalue weighted by atomic mass is 9.76. The Balaban J connectivity index is 2.17. The molecular weight excluding hydrogens is 278 g/mol. The number of methoxy groups -OCH3 is 2. The number of carbonyl (C=O) groups excluding carboxylic acids is 1. The number of benzene rings is 1. The smallest absolute Gasteiger partial charge is 0.161 e. The summed E-state index contributed by atoms with van der Waals surface area (Å²) < 4.78 is 10.9. The number of hydrogen-bond acceptors (Lipinski definition) is 4. The molecule has 1 atom stereocenters. The zero-order valence-electron chi connectivity index (χ0n) is 13.4. The van der Waals surface area contributed by atoms with Gasteiger partial charge in [-0.15, -0.1) is 6.58 Å². The van der Waals surface area contributed by atoms with Gasteiger partial charge in [-0.05, 0) is 42.5 Å². The molecule has 2 aliphatic heterocycles. The predicted octanol–water partition coefficient (Wildman–Crippen LogP) is 2.70. The van der Waals surface area contributed by atoms with Crippen LogP contribution in [0.4, 0.5) is 0 Å². The van der Waals surface area contributed by atoms with Crippen LogP contribution >= 0.6 is 0 Å². The number of Topliss-reactive ketones (excluding diaryl/α,β-unsaturated/α-hetero) is 1. The standard InChI is InChI=1S/C18H23NO3/c1-4-5-8-18-14-12-16(22-3)15(21-2)11-13(14)6-9-19(18)10-7-17(18)20/h4,11-12H,1,5-10H2,2-3H3/t18-/m1/s1. The molecule has 4 heteroatoms. The Labute approximate surface area is 131 Å². The summed E-state index contributed by atoms with van der Waals surface area (Å²) in [7, 11) is 3.28. The Bertz CT molecular complexity index is 611. The minimum Gasteiger partial charge on any atom is -0.493 e. The molecule has 0 amide bonds. The molecule has 0 unspecified atom stereocenters. The van der Waals surface area contributed by atoms with Crippen LogP contribution in [0.1, 0.15) is 30.4 Å². The SMILES string of the molecule is C=CCC[C@@]12C(=O)CCN1CCc1cc(OC)c(OC)cc12. The summed E-state index contributed by atoms with van der Waals surface area (Å²) in [5, 5.41) is 0. The maximum absolute atomic E-state index is 12.8. The van der Waals surface area contributed by atoms with Crippen LogP contribution in [0, 0.1) is 0 Å². The highest BCUT2D eigenvalue weighted by molar-refractivity contribution is 5.92. The second-order valence-corrected chi connectivity index (χ2v) is 5.96. The third-order valence-corrected chi connectivity index (χ3v) is 5.03. The summed E-state index contributed by atoms with van der Waals surface area (Å²) in [4.78, 5) is 15.1. The largest absolute Gasteiger partial charge is 0.493 e. The lowest BCUT2D eigenvalue weighted by Crippen LogP contribution is -2.50. The van der Waals surface area contributed by atoms with Crippen molar-refractivity contribution in [1.82, 2.24) is 4.90 Å². The maximum Gasteiger partial charge on any atom is 0.161 e. The Morgan fingerprint density at radius 2 is 1.91 bits per heavy atom. The van der Waals surface area contributed by atoms with Crippen molar-refractivity contribution in [1.29, 1.82) is 0 Å². The molecule has 2 heterocycles. The second kappa shape index (κ2) is 5.76. The van der Waals surface area contributed by atoms with Gasteiger partial charge in [-0.3, -0.25) is 9.69 Å². The summed E-state index contributed by atoms with van der Waals surface area (Å²) in [6, 6.07) is 4.04. The van der Waals surface area contributed by atoms with Gasteiger partial charge in [-0.2, -0.15) is 0 Å². The number of rotatable bonds is 5. The summed E-state index contributed by atoms with van der Waals surface area (Å²) in [6.45, 7) is 5.60. The molecule has 1 aromatic rings. The molecule has 22 heavy (non-hydrogen) atoms. The van der Waals surface area contributed by atoms with E-state index in [1.54, 1.807) is 14.2 Å². The van der Waals surface area contributed by atoms with Gasteiger partial charge in [0.25, 0.3) is 0 Å². The summed E-state index contributed by atoms with van der Waals surface area (Å²) >= 11 is 0. The van der Waals surface area contributed by atoms with Gasteiger partial charge in [-0.25, -0.2) is 0 Å². The number of fused-ring (bicyclic) bond motifs is 3. The molecule has 0 aliphatic carbocycles. The van der Waals surface area contributed by atoms with Crippen LogP contribution in [0.25, 0.3) is 0 Å². The normalized spacial score (nSPS) is 23.8. The highest BCUT2D eigenvalue weighted by atomic mass is 16.5. The van der Waals surface area contributed by atoms with E-state index < -0.39 is 5.54 Å². The summed E-state index contributed by atoms with van der Waals surface area (Å²) in [6.07, 6.45) is 5.09. The highest BCUT2D eigenvalue weighted by Crippen LogP contribution is 2.47. The average Bonchev–Trinajstić information content (AvgIpc) is 2.88. The molecule has 3 rings (SSSR count). The first kappa shape index (κ1) is 15.1. The average molecular weight is 301 g/mol. The lowest BCUT2D eigenvalue weighted by Gasteiger charge is -2.42. The fourth-order valence-electron chi connectivity index (χ4n) is 3.95. The van der Waals surface area contributed by atoms with Crippen LogP contribution < -0.4 is 9.47 Å². The van der Waals surface area contributed by atoms with Crippen molar-refractivity contribution in [2.24, 2.45) is 0 Å². The highest BCUT2D eigenvalue weighted by Gasteiger charge is 2.51. The van der Waals surface area contributed by atoms with Crippen LogP contribution in [-0.2, 0) is 16.8 Å². The van der Waals surface area contributed by atoms with Crippen molar-refractivity contribution in [3.05, 3.63) is 35.9 Å². The van der Waals surface area contributed by atoms with Gasteiger partial charge in [0.15, 0.2) is 17.3 Å². The van der Waals surface area contributed by atoms with Crippen LogP contribution in [0.5, 0.6) is 11.5 Å². The Morgan fingerprint density at radius 3 is 2.59 bits per heavy atom. The van der Waals surface area contributed by atoms with Crippen molar-refractivity contribution < 1.29 is 14.3 Å². The zero-order valence-corrected chi connectivity index (χ0v) is 13.4. The van der Waals surface area contributed by atoms with Gasteiger partial charge in [-0.1, -0.05) is 6.08 Å². The molecule has 118 valence electrons. The minimum atomic E-state index is -0.499. The van der Waals surface area contributed by atoms with Gasteiger partial charge < -0.3 is 9.47 Å². The summed E-state index contributed by atoms with van der Waals surface area (Å²) in [5.41, 5.74) is 1.80. The summed E-state index contributed by atoms with van der Waals surface area (Å²) in [5.74, 6) is 1.75. The molecule has 0 saturated carbocycles. The van der Waals surface area contributed by atoms with E-state index in [1.807, 2.05) is 18.2 Å². The van der Waals surface area contributed by atoms with Crippen molar-refractivity contribution in [2.45, 2.75) is 31.2 Å². The predicted molar refractivity (Wildman–Crippen MR) is 85.6 cm³/mol. The lowest BCUT2D eigenvalue weighted by molar-refractivity contribution is -0.126. The number of carbonyl (C=O) groups is 1. The number of ether oxygens (including phenoxy) is 2. The van der Waals surface area contributed by atoms with Crippen molar-refractivity contribution in [3.8, 4) is 11.5 Å². The van der Waals surface area contributed by atoms with E-state index in [2.05, 4.69) is 11.5 Å². The van der Waals surface area contributed by atoms with E-state index in [1.165, 1.54) is 5.56 Å². The quantitative estimate of drug-likeness (QED) is 0.784. The number of nitrogens with zero attached hydrogens (tertiary/aromatic N) is 1. The van der Waals surface area contributed by atoms with Gasteiger partial charge in [0.2, 0.25) is 0 Å². The number of hydrogen-bond donors (Lipinski definition) is 0. The van der Waals surface area contributed by atoms with Gasteiger partial charge in [0, 0.05) is 19.5 Å². The zero-order chi connectivity index (χ0) is 15.7. The van der Waals surface area contributed by atoms with Crippen molar-refractivity contribution in [2.75, 3.05) is 27.3 Å². The topological polar surface area (TPSA) is 38.8 Å². The van der Waals surface area contributed by atoms with E-state index in [0.717, 1.165) is 43.7 Å². The third kappa shape index (κ3) is 2.05. The first-order valence-corrected chi connectivity index (χ1v) is 7.82. The monoisotopic (exact) mass is 301 g/mol. The van der Waals surface area contributed by atoms with Crippen molar-refractivity contribution in [3.63, 3.8) is 0 Å². The Hall–Kier alpha value is -1.81. The molecule has 1 fully saturated rings. The molecule has 0 spiro atoms. The first-order chi connectivity index (χ1) is 10.7. The first-order valence-electron chi connectivity index (χ1n) is 7.82. The third-order valence-electron chi connectivity index (χ3n) is 5.03. The molecule has 4 nitrogen and oxygen atoms in total. The molecule has 0 N–H and O–H groups in total. The molecule has 0 bridgehead atoms. The molecular formula is C18H23NO3. The van der Waals surface area contributed by atoms with E-state index in [-0.39, 0.29) is 0 Å². The fraction of sp³-hybridized carbons (Fsp3) is 0.500. The van der Waals surface area contributed by atoms with Crippen LogP contribution in [-0.4, -0.2) is 38.0 Å². The minimum absolute atomic E-state index is 0.322. The molecule has 1 saturated heterocycles. The molecule has 1 aromatic carbocycles. The van der Waals surface area contributed by atoms with Gasteiger partial charge in [0.1, 0.15) is 5.54 Å². The van der Waals surface area contributed by atoms with E-state index in [0.29, 0.717) is 18.0 Å². The van der Waals surface area contributed by atoms with Gasteiger partial charge in [0.05, 0.1) is 14.2 Å². The molecule has 2 aliphatic rings. The molecule has 0 radical (unpaired) electrons. The Kier molecular flexibility index (Phi) is 3.96. The van der Waals surface area contributed by atoms with E-state index in [9.17, 15) is 4.79 Å². The second-order valence-electron chi connectivity index (χ2n) is 5.96. The number of allylic oxidation sites excluding steroid dienone is 1. The van der Waals surface area contributed by atoms with E-state index in [4.69, 9.17) is 9.47 Å². The maximum atomic E-state index is 12.8. The van der Waals surface area contributed by atoms with Crippen LogP contribution in [0.15, 0.2) is 24.8 Å². The number of ketones is 1. The van der Waals surface area contributed by atoms with E-state index >= 15 is 0 Å². The van der Waals surface area contributed by atoms with Gasteiger partial charge >= 0.3 is 0 Å². The van der Waals surface area contributed by atoms with Crippen molar-refractivity contribution >= 4 is 5.78 Å². The van der Waals surface area contributed by atoms with Crippen LogP contribution in [0.2, 0.25) is 0 Å².